The molecular weight excluding hydrogens is 292 g/mol. The van der Waals surface area contributed by atoms with Gasteiger partial charge in [-0.15, -0.1) is 0 Å². The Kier molecular flexibility index (Phi) is 7.82. The lowest BCUT2D eigenvalue weighted by molar-refractivity contribution is -0.146. The summed E-state index contributed by atoms with van der Waals surface area (Å²) in [5, 5.41) is 12.3. The van der Waals surface area contributed by atoms with Gasteiger partial charge in [0.2, 0.25) is 5.91 Å². The van der Waals surface area contributed by atoms with Crippen LogP contribution in [0.4, 0.5) is 0 Å². The van der Waals surface area contributed by atoms with E-state index in [1.165, 1.54) is 6.92 Å². The zero-order valence-electron chi connectivity index (χ0n) is 13.8. The second-order valence-electron chi connectivity index (χ2n) is 5.57. The molecule has 23 heavy (non-hydrogen) atoms. The number of benzene rings is 1. The lowest BCUT2D eigenvalue weighted by Crippen LogP contribution is -2.44. The summed E-state index contributed by atoms with van der Waals surface area (Å²) < 4.78 is 4.96. The van der Waals surface area contributed by atoms with Gasteiger partial charge in [0, 0.05) is 13.5 Å². The molecule has 1 N–H and O–H groups in total. The molecule has 5 heteroatoms. The highest BCUT2D eigenvalue weighted by atomic mass is 16.5. The lowest BCUT2D eigenvalue weighted by Gasteiger charge is -2.24. The van der Waals surface area contributed by atoms with Gasteiger partial charge in [0.05, 0.1) is 6.07 Å². The van der Waals surface area contributed by atoms with Crippen LogP contribution in [0.3, 0.4) is 0 Å². The molecule has 0 aliphatic rings. The Hall–Kier alpha value is -2.35. The zero-order valence-corrected chi connectivity index (χ0v) is 13.8. The maximum Gasteiger partial charge on any atom is 0.302 e. The van der Waals surface area contributed by atoms with Gasteiger partial charge in [0.1, 0.15) is 6.61 Å². The van der Waals surface area contributed by atoms with E-state index in [2.05, 4.69) is 11.4 Å². The van der Waals surface area contributed by atoms with Crippen LogP contribution in [0.5, 0.6) is 0 Å². The average Bonchev–Trinajstić information content (AvgIpc) is 2.56. The molecule has 1 atom stereocenters. The SMILES string of the molecule is CCCCC(C#N)(COC(C)=O)C(=O)NCCc1ccccc1. The third-order valence-electron chi connectivity index (χ3n) is 3.67. The Morgan fingerprint density at radius 3 is 2.57 bits per heavy atom. The Balaban J connectivity index is 2.66. The van der Waals surface area contributed by atoms with Gasteiger partial charge in [-0.3, -0.25) is 9.59 Å². The van der Waals surface area contributed by atoms with E-state index in [9.17, 15) is 14.9 Å². The second-order valence-corrected chi connectivity index (χ2v) is 5.57. The van der Waals surface area contributed by atoms with E-state index in [1.54, 1.807) is 0 Å². The molecule has 0 aromatic heterocycles. The molecule has 0 saturated carbocycles. The van der Waals surface area contributed by atoms with Crippen LogP contribution in [-0.4, -0.2) is 25.0 Å². The normalized spacial score (nSPS) is 12.7. The van der Waals surface area contributed by atoms with Gasteiger partial charge < -0.3 is 10.1 Å². The number of carbonyl (C=O) groups excluding carboxylic acids is 2. The number of esters is 1. The highest BCUT2D eigenvalue weighted by molar-refractivity contribution is 5.86. The van der Waals surface area contributed by atoms with Gasteiger partial charge in [0.15, 0.2) is 5.41 Å². The van der Waals surface area contributed by atoms with E-state index in [1.807, 2.05) is 37.3 Å². The molecule has 5 nitrogen and oxygen atoms in total. The number of hydrogen-bond acceptors (Lipinski definition) is 4. The smallest absolute Gasteiger partial charge is 0.302 e. The maximum atomic E-state index is 12.5. The largest absolute Gasteiger partial charge is 0.464 e. The molecule has 1 aromatic carbocycles. The summed E-state index contributed by atoms with van der Waals surface area (Å²) in [5.41, 5.74) is -0.192. The number of nitrogens with one attached hydrogen (secondary N) is 1. The second kappa shape index (κ2) is 9.62. The van der Waals surface area contributed by atoms with Gasteiger partial charge in [-0.05, 0) is 18.4 Å². The summed E-state index contributed by atoms with van der Waals surface area (Å²) in [6.45, 7) is 3.50. The number of ether oxygens (including phenoxy) is 1. The van der Waals surface area contributed by atoms with Gasteiger partial charge >= 0.3 is 5.97 Å². The van der Waals surface area contributed by atoms with Crippen LogP contribution in [-0.2, 0) is 20.7 Å². The Bertz CT molecular complexity index is 551. The molecule has 0 fully saturated rings. The number of nitriles is 1. The predicted molar refractivity (Wildman–Crippen MR) is 87.4 cm³/mol. The van der Waals surface area contributed by atoms with Crippen LogP contribution in [0.15, 0.2) is 30.3 Å². The van der Waals surface area contributed by atoms with E-state index in [0.29, 0.717) is 19.4 Å². The highest BCUT2D eigenvalue weighted by Crippen LogP contribution is 2.25. The lowest BCUT2D eigenvalue weighted by atomic mass is 9.84. The summed E-state index contributed by atoms with van der Waals surface area (Å²) in [5.74, 6) is -0.858. The summed E-state index contributed by atoms with van der Waals surface area (Å²) >= 11 is 0. The first-order valence-corrected chi connectivity index (χ1v) is 7.91. The Morgan fingerprint density at radius 2 is 2.00 bits per heavy atom. The Labute approximate surface area is 137 Å². The first-order chi connectivity index (χ1) is 11.0. The van der Waals surface area contributed by atoms with E-state index >= 15 is 0 Å². The summed E-state index contributed by atoms with van der Waals surface area (Å²) in [4.78, 5) is 23.5. The minimum Gasteiger partial charge on any atom is -0.464 e. The molecule has 0 spiro atoms. The number of carbonyl (C=O) groups is 2. The van der Waals surface area contributed by atoms with E-state index in [4.69, 9.17) is 4.74 Å². The quantitative estimate of drug-likeness (QED) is 0.710. The zero-order chi connectivity index (χ0) is 17.1. The van der Waals surface area contributed by atoms with Crippen molar-refractivity contribution in [2.45, 2.75) is 39.5 Å². The van der Waals surface area contributed by atoms with Crippen molar-refractivity contribution in [3.05, 3.63) is 35.9 Å². The first kappa shape index (κ1) is 18.7. The van der Waals surface area contributed by atoms with Crippen molar-refractivity contribution in [1.29, 1.82) is 5.26 Å². The predicted octanol–water partition coefficient (Wildman–Crippen LogP) is 2.61. The van der Waals surface area contributed by atoms with Gasteiger partial charge in [-0.1, -0.05) is 50.1 Å². The van der Waals surface area contributed by atoms with Crippen molar-refractivity contribution in [1.82, 2.24) is 5.32 Å². The van der Waals surface area contributed by atoms with Gasteiger partial charge in [-0.25, -0.2) is 0 Å². The van der Waals surface area contributed by atoms with Crippen LogP contribution in [0.2, 0.25) is 0 Å². The number of hydrogen-bond donors (Lipinski definition) is 1. The van der Waals surface area contributed by atoms with Crippen molar-refractivity contribution in [3.8, 4) is 6.07 Å². The van der Waals surface area contributed by atoms with Gasteiger partial charge in [-0.2, -0.15) is 5.26 Å². The van der Waals surface area contributed by atoms with Crippen molar-refractivity contribution in [2.75, 3.05) is 13.2 Å². The van der Waals surface area contributed by atoms with E-state index < -0.39 is 11.4 Å². The molecule has 1 amide bonds. The molecular formula is C18H24N2O3. The van der Waals surface area contributed by atoms with Crippen LogP contribution >= 0.6 is 0 Å². The molecule has 0 aliphatic carbocycles. The van der Waals surface area contributed by atoms with E-state index in [-0.39, 0.29) is 12.5 Å². The minimum absolute atomic E-state index is 0.198. The number of rotatable bonds is 9. The summed E-state index contributed by atoms with van der Waals surface area (Å²) in [6, 6.07) is 11.9. The molecule has 0 heterocycles. The maximum absolute atomic E-state index is 12.5. The van der Waals surface area contributed by atoms with Crippen LogP contribution < -0.4 is 5.32 Å². The van der Waals surface area contributed by atoms with Crippen LogP contribution in [0.1, 0.15) is 38.7 Å². The average molecular weight is 316 g/mol. The van der Waals surface area contributed by atoms with Crippen LogP contribution in [0.25, 0.3) is 0 Å². The fourth-order valence-electron chi connectivity index (χ4n) is 2.23. The van der Waals surface area contributed by atoms with Crippen molar-refractivity contribution >= 4 is 11.9 Å². The molecule has 0 saturated heterocycles. The number of unbranched alkanes of at least 4 members (excludes halogenated alkanes) is 1. The molecule has 0 bridgehead atoms. The van der Waals surface area contributed by atoms with Crippen molar-refractivity contribution in [3.63, 3.8) is 0 Å². The molecule has 1 unspecified atom stereocenters. The third kappa shape index (κ3) is 6.11. The summed E-state index contributed by atoms with van der Waals surface area (Å²) in [6.07, 6.45) is 2.65. The third-order valence-corrected chi connectivity index (χ3v) is 3.67. The van der Waals surface area contributed by atoms with Crippen molar-refractivity contribution < 1.29 is 14.3 Å². The monoisotopic (exact) mass is 316 g/mol. The fourth-order valence-corrected chi connectivity index (χ4v) is 2.23. The Morgan fingerprint density at radius 1 is 1.30 bits per heavy atom. The summed E-state index contributed by atoms with van der Waals surface area (Å²) in [7, 11) is 0. The fraction of sp³-hybridized carbons (Fsp3) is 0.500. The minimum atomic E-state index is -1.31. The molecule has 0 aliphatic heterocycles. The molecule has 1 aromatic rings. The molecule has 0 radical (unpaired) electrons. The molecule has 124 valence electrons. The first-order valence-electron chi connectivity index (χ1n) is 7.91. The number of amides is 1. The highest BCUT2D eigenvalue weighted by Gasteiger charge is 2.39. The van der Waals surface area contributed by atoms with Gasteiger partial charge in [0.25, 0.3) is 0 Å². The number of nitrogens with zero attached hydrogens (tertiary/aromatic N) is 1. The van der Waals surface area contributed by atoms with Crippen molar-refractivity contribution in [2.24, 2.45) is 5.41 Å². The molecule has 1 rings (SSSR count). The topological polar surface area (TPSA) is 79.2 Å². The standard InChI is InChI=1S/C18H24N2O3/c1-3-4-11-18(13-19,14-23-15(2)21)17(22)20-12-10-16-8-6-5-7-9-16/h5-9H,3-4,10-12,14H2,1-2H3,(H,20,22). The van der Waals surface area contributed by atoms with Crippen LogP contribution in [0, 0.1) is 16.7 Å². The van der Waals surface area contributed by atoms with E-state index in [0.717, 1.165) is 18.4 Å².